The molecule has 0 aliphatic carbocycles. The van der Waals surface area contributed by atoms with Crippen molar-refractivity contribution in [2.45, 2.75) is 19.4 Å². The Morgan fingerprint density at radius 1 is 1.17 bits per heavy atom. The van der Waals surface area contributed by atoms with Crippen LogP contribution < -0.4 is 10.6 Å². The third kappa shape index (κ3) is 4.20. The number of hydrogen-bond acceptors (Lipinski definition) is 4. The van der Waals surface area contributed by atoms with Gasteiger partial charge in [0.2, 0.25) is 5.91 Å². The van der Waals surface area contributed by atoms with Gasteiger partial charge >= 0.3 is 0 Å². The van der Waals surface area contributed by atoms with Crippen LogP contribution in [0.25, 0.3) is 11.0 Å². The number of nitrogens with one attached hydrogen (secondary N) is 3. The third-order valence-electron chi connectivity index (χ3n) is 3.54. The minimum atomic E-state index is -0.0982. The third-order valence-corrected chi connectivity index (χ3v) is 4.22. The Kier molecular flexibility index (Phi) is 5.22. The van der Waals surface area contributed by atoms with E-state index < -0.39 is 0 Å². The van der Waals surface area contributed by atoms with Gasteiger partial charge in [-0.15, -0.1) is 0 Å². The van der Waals surface area contributed by atoms with Crippen LogP contribution in [-0.2, 0) is 11.3 Å². The van der Waals surface area contributed by atoms with Gasteiger partial charge < -0.3 is 15.6 Å². The first-order valence-electron chi connectivity index (χ1n) is 7.73. The van der Waals surface area contributed by atoms with Crippen molar-refractivity contribution in [2.75, 3.05) is 6.54 Å². The molecule has 0 bridgehead atoms. The molecule has 0 saturated carbocycles. The molecule has 3 aromatic rings. The number of aromatic nitrogens is 2. The summed E-state index contributed by atoms with van der Waals surface area (Å²) < 4.78 is 0. The van der Waals surface area contributed by atoms with Gasteiger partial charge in [-0.25, -0.2) is 4.98 Å². The lowest BCUT2D eigenvalue weighted by atomic mass is 10.2. The van der Waals surface area contributed by atoms with E-state index in [-0.39, 0.29) is 11.8 Å². The van der Waals surface area contributed by atoms with Crippen LogP contribution in [0.2, 0.25) is 0 Å². The molecule has 0 unspecified atom stereocenters. The fourth-order valence-electron chi connectivity index (χ4n) is 2.31. The number of para-hydroxylation sites is 2. The zero-order valence-electron chi connectivity index (χ0n) is 13.0. The van der Waals surface area contributed by atoms with E-state index >= 15 is 0 Å². The molecule has 6 nitrogen and oxygen atoms in total. The molecule has 7 heteroatoms. The van der Waals surface area contributed by atoms with Crippen LogP contribution in [0.1, 0.15) is 29.0 Å². The lowest BCUT2D eigenvalue weighted by Crippen LogP contribution is -2.27. The highest BCUT2D eigenvalue weighted by atomic mass is 32.1. The summed E-state index contributed by atoms with van der Waals surface area (Å²) in [6, 6.07) is 9.51. The largest absolute Gasteiger partial charge is 0.352 e. The van der Waals surface area contributed by atoms with Crippen LogP contribution in [0.5, 0.6) is 0 Å². The Bertz CT molecular complexity index is 793. The molecule has 0 aliphatic heterocycles. The van der Waals surface area contributed by atoms with E-state index in [1.165, 1.54) is 11.3 Å². The number of imidazole rings is 1. The Balaban J connectivity index is 1.36. The van der Waals surface area contributed by atoms with Crippen molar-refractivity contribution in [2.24, 2.45) is 0 Å². The average Bonchev–Trinajstić information content (AvgIpc) is 3.25. The quantitative estimate of drug-likeness (QED) is 0.576. The number of carbonyl (C=O) groups is 2. The van der Waals surface area contributed by atoms with Gasteiger partial charge in [0.25, 0.3) is 5.91 Å². The monoisotopic (exact) mass is 342 g/mol. The van der Waals surface area contributed by atoms with Crippen molar-refractivity contribution in [1.29, 1.82) is 0 Å². The molecular formula is C17H18N4O2S. The van der Waals surface area contributed by atoms with Crippen LogP contribution in [0, 0.1) is 0 Å². The first kappa shape index (κ1) is 16.2. The molecule has 0 radical (unpaired) electrons. The van der Waals surface area contributed by atoms with Crippen LogP contribution in [0.15, 0.2) is 41.1 Å². The summed E-state index contributed by atoms with van der Waals surface area (Å²) in [7, 11) is 0. The first-order chi connectivity index (χ1) is 11.7. The van der Waals surface area contributed by atoms with Crippen molar-refractivity contribution >= 4 is 34.2 Å². The number of H-pyrrole nitrogens is 1. The van der Waals surface area contributed by atoms with Gasteiger partial charge in [0, 0.05) is 23.9 Å². The predicted molar refractivity (Wildman–Crippen MR) is 93.8 cm³/mol. The molecule has 2 heterocycles. The molecule has 3 N–H and O–H groups in total. The van der Waals surface area contributed by atoms with Gasteiger partial charge in [0.1, 0.15) is 5.82 Å². The summed E-state index contributed by atoms with van der Waals surface area (Å²) in [5, 5.41) is 9.30. The van der Waals surface area contributed by atoms with Crippen LogP contribution >= 0.6 is 11.3 Å². The van der Waals surface area contributed by atoms with Crippen molar-refractivity contribution in [3.05, 3.63) is 52.5 Å². The molecule has 0 atom stereocenters. The fraction of sp³-hybridized carbons (Fsp3) is 0.235. The number of amides is 2. The molecular weight excluding hydrogens is 324 g/mol. The molecule has 0 aliphatic rings. The van der Waals surface area contributed by atoms with E-state index in [1.807, 2.05) is 29.6 Å². The lowest BCUT2D eigenvalue weighted by molar-refractivity contribution is -0.121. The van der Waals surface area contributed by atoms with Crippen molar-refractivity contribution in [3.63, 3.8) is 0 Å². The van der Waals surface area contributed by atoms with Crippen LogP contribution in [0.4, 0.5) is 0 Å². The fourth-order valence-corrected chi connectivity index (χ4v) is 2.94. The number of rotatable bonds is 7. The minimum Gasteiger partial charge on any atom is -0.352 e. The molecule has 24 heavy (non-hydrogen) atoms. The highest BCUT2D eigenvalue weighted by Gasteiger charge is 2.07. The maximum atomic E-state index is 11.8. The van der Waals surface area contributed by atoms with Gasteiger partial charge in [-0.1, -0.05) is 12.1 Å². The predicted octanol–water partition coefficient (Wildman–Crippen LogP) is 2.45. The minimum absolute atomic E-state index is 0.0553. The summed E-state index contributed by atoms with van der Waals surface area (Å²) >= 11 is 1.48. The summed E-state index contributed by atoms with van der Waals surface area (Å²) in [5.41, 5.74) is 2.50. The maximum Gasteiger partial charge on any atom is 0.252 e. The Morgan fingerprint density at radius 3 is 2.83 bits per heavy atom. The van der Waals surface area contributed by atoms with Crippen LogP contribution in [0.3, 0.4) is 0 Å². The Morgan fingerprint density at radius 2 is 2.04 bits per heavy atom. The van der Waals surface area contributed by atoms with E-state index in [1.54, 1.807) is 11.4 Å². The number of thiophene rings is 1. The van der Waals surface area contributed by atoms with E-state index in [4.69, 9.17) is 0 Å². The second-order valence-electron chi connectivity index (χ2n) is 5.35. The molecule has 2 amide bonds. The van der Waals surface area contributed by atoms with Crippen molar-refractivity contribution in [1.82, 2.24) is 20.6 Å². The number of hydrogen-bond donors (Lipinski definition) is 3. The van der Waals surface area contributed by atoms with Crippen molar-refractivity contribution < 1.29 is 9.59 Å². The first-order valence-corrected chi connectivity index (χ1v) is 8.67. The molecule has 2 aromatic heterocycles. The summed E-state index contributed by atoms with van der Waals surface area (Å²) in [6.07, 6.45) is 0.964. The molecule has 0 spiro atoms. The Labute approximate surface area is 143 Å². The highest BCUT2D eigenvalue weighted by molar-refractivity contribution is 7.08. The second-order valence-corrected chi connectivity index (χ2v) is 6.13. The summed E-state index contributed by atoms with van der Waals surface area (Å²) in [6.45, 7) is 0.849. The highest BCUT2D eigenvalue weighted by Crippen LogP contribution is 2.10. The van der Waals surface area contributed by atoms with E-state index in [0.29, 0.717) is 31.5 Å². The van der Waals surface area contributed by atoms with Gasteiger partial charge in [-0.05, 0) is 30.0 Å². The lowest BCUT2D eigenvalue weighted by Gasteiger charge is -2.05. The zero-order chi connectivity index (χ0) is 16.8. The van der Waals surface area contributed by atoms with Gasteiger partial charge in [0.05, 0.1) is 17.6 Å². The number of nitrogens with zero attached hydrogens (tertiary/aromatic N) is 1. The standard InChI is InChI=1S/C17H18N4O2S/c22-16(6-3-8-18-17(23)12-7-9-24-11-12)19-10-15-20-13-4-1-2-5-14(13)21-15/h1-2,4-5,7,9,11H,3,6,8,10H2,(H,18,23)(H,19,22)(H,20,21). The van der Waals surface area contributed by atoms with Crippen molar-refractivity contribution in [3.8, 4) is 0 Å². The molecule has 0 fully saturated rings. The van der Waals surface area contributed by atoms with Gasteiger partial charge in [-0.3, -0.25) is 9.59 Å². The smallest absolute Gasteiger partial charge is 0.252 e. The molecule has 1 aromatic carbocycles. The maximum absolute atomic E-state index is 11.8. The summed E-state index contributed by atoms with van der Waals surface area (Å²) in [5.74, 6) is 0.578. The van der Waals surface area contributed by atoms with E-state index in [9.17, 15) is 9.59 Å². The van der Waals surface area contributed by atoms with Gasteiger partial charge in [-0.2, -0.15) is 11.3 Å². The van der Waals surface area contributed by atoms with E-state index in [0.717, 1.165) is 16.9 Å². The number of fused-ring (bicyclic) bond motifs is 1. The number of aromatic amines is 1. The SMILES string of the molecule is O=C(CCCNC(=O)c1ccsc1)NCc1nc2ccccc2[nH]1. The topological polar surface area (TPSA) is 86.9 Å². The number of carbonyl (C=O) groups excluding carboxylic acids is 2. The zero-order valence-corrected chi connectivity index (χ0v) is 13.9. The normalized spacial score (nSPS) is 10.7. The second kappa shape index (κ2) is 7.74. The average molecular weight is 342 g/mol. The summed E-state index contributed by atoms with van der Waals surface area (Å²) in [4.78, 5) is 31.1. The van der Waals surface area contributed by atoms with Gasteiger partial charge in [0.15, 0.2) is 0 Å². The van der Waals surface area contributed by atoms with Crippen LogP contribution in [-0.4, -0.2) is 28.3 Å². The molecule has 124 valence electrons. The Hall–Kier alpha value is -2.67. The molecule has 0 saturated heterocycles. The number of benzene rings is 1. The molecule has 3 rings (SSSR count). The van der Waals surface area contributed by atoms with E-state index in [2.05, 4.69) is 20.6 Å².